The first-order valence-electron chi connectivity index (χ1n) is 5.49. The van der Waals surface area contributed by atoms with E-state index < -0.39 is 23.5 Å². The lowest BCUT2D eigenvalue weighted by Crippen LogP contribution is -2.42. The van der Waals surface area contributed by atoms with Gasteiger partial charge in [0, 0.05) is 13.0 Å². The lowest BCUT2D eigenvalue weighted by Gasteiger charge is -2.26. The third kappa shape index (κ3) is 3.07. The highest BCUT2D eigenvalue weighted by Gasteiger charge is 2.45. The molecule has 0 bridgehead atoms. The van der Waals surface area contributed by atoms with Gasteiger partial charge in [-0.15, -0.1) is 0 Å². The van der Waals surface area contributed by atoms with Gasteiger partial charge >= 0.3 is 6.09 Å². The zero-order valence-electron chi connectivity index (χ0n) is 10.3. The summed E-state index contributed by atoms with van der Waals surface area (Å²) in [6.07, 6.45) is -1.43. The van der Waals surface area contributed by atoms with Gasteiger partial charge in [-0.3, -0.25) is 0 Å². The maximum Gasteiger partial charge on any atom is 0.410 e. The number of ether oxygens (including phenoxy) is 1. The molecule has 4 nitrogen and oxygen atoms in total. The Hall–Kier alpha value is -0.840. The van der Waals surface area contributed by atoms with Crippen molar-refractivity contribution in [3.8, 4) is 0 Å². The molecule has 1 rings (SSSR count). The number of alkyl halides is 1. The molecule has 94 valence electrons. The molecule has 0 radical (unpaired) electrons. The summed E-state index contributed by atoms with van der Waals surface area (Å²) < 4.78 is 19.1. The van der Waals surface area contributed by atoms with Crippen LogP contribution < -0.4 is 0 Å². The monoisotopic (exact) mass is 233 g/mol. The van der Waals surface area contributed by atoms with Crippen LogP contribution in [0, 0.1) is 0 Å². The molecule has 2 atom stereocenters. The Bertz CT molecular complexity index is 275. The number of hydrogen-bond acceptors (Lipinski definition) is 3. The van der Waals surface area contributed by atoms with Crippen LogP contribution in [0.4, 0.5) is 9.18 Å². The molecule has 0 saturated carbocycles. The minimum Gasteiger partial charge on any atom is -0.444 e. The largest absolute Gasteiger partial charge is 0.444 e. The third-order valence-corrected chi connectivity index (χ3v) is 2.65. The number of aliphatic hydroxyl groups excluding tert-OH is 1. The highest BCUT2D eigenvalue weighted by Crippen LogP contribution is 2.29. The summed E-state index contributed by atoms with van der Waals surface area (Å²) in [4.78, 5) is 12.9. The molecule has 1 N–H and O–H groups in total. The van der Waals surface area contributed by atoms with Gasteiger partial charge in [0.1, 0.15) is 5.60 Å². The summed E-state index contributed by atoms with van der Waals surface area (Å²) >= 11 is 0. The number of nitrogens with zero attached hydrogens (tertiary/aromatic N) is 1. The van der Waals surface area contributed by atoms with Gasteiger partial charge in [0.15, 0.2) is 5.67 Å². The van der Waals surface area contributed by atoms with E-state index in [2.05, 4.69) is 0 Å². The predicted octanol–water partition coefficient (Wildman–Crippen LogP) is 1.72. The van der Waals surface area contributed by atoms with Crippen molar-refractivity contribution in [3.05, 3.63) is 0 Å². The number of hydrogen-bond donors (Lipinski definition) is 1. The molecule has 1 aliphatic rings. The number of halogens is 1. The first-order valence-corrected chi connectivity index (χ1v) is 5.49. The van der Waals surface area contributed by atoms with E-state index in [1.807, 2.05) is 0 Å². The number of amides is 1. The van der Waals surface area contributed by atoms with Crippen molar-refractivity contribution in [2.75, 3.05) is 13.1 Å². The van der Waals surface area contributed by atoms with Gasteiger partial charge in [-0.1, -0.05) is 0 Å². The Morgan fingerprint density at radius 1 is 1.56 bits per heavy atom. The van der Waals surface area contributed by atoms with Crippen LogP contribution in [0.3, 0.4) is 0 Å². The van der Waals surface area contributed by atoms with E-state index >= 15 is 0 Å². The number of rotatable bonds is 1. The van der Waals surface area contributed by atoms with Crippen LogP contribution in [0.2, 0.25) is 0 Å². The van der Waals surface area contributed by atoms with Crippen LogP contribution in [0.1, 0.15) is 34.1 Å². The van der Waals surface area contributed by atoms with Gasteiger partial charge in [0.25, 0.3) is 0 Å². The fourth-order valence-electron chi connectivity index (χ4n) is 1.62. The quantitative estimate of drug-likeness (QED) is 0.750. The molecular formula is C11H20FNO3. The Labute approximate surface area is 95.4 Å². The summed E-state index contributed by atoms with van der Waals surface area (Å²) in [5, 5.41) is 9.29. The fraction of sp³-hybridized carbons (Fsp3) is 0.909. The van der Waals surface area contributed by atoms with E-state index in [-0.39, 0.29) is 19.5 Å². The molecule has 0 aliphatic carbocycles. The third-order valence-electron chi connectivity index (χ3n) is 2.65. The fourth-order valence-corrected chi connectivity index (χ4v) is 1.62. The molecule has 1 amide bonds. The number of likely N-dealkylation sites (tertiary alicyclic amines) is 1. The van der Waals surface area contributed by atoms with E-state index in [0.29, 0.717) is 0 Å². The average molecular weight is 233 g/mol. The molecule has 0 aromatic rings. The van der Waals surface area contributed by atoms with E-state index in [1.54, 1.807) is 20.8 Å². The van der Waals surface area contributed by atoms with Gasteiger partial charge in [-0.05, 0) is 27.7 Å². The van der Waals surface area contributed by atoms with Gasteiger partial charge in [-0.2, -0.15) is 0 Å². The topological polar surface area (TPSA) is 49.8 Å². The molecule has 1 fully saturated rings. The van der Waals surface area contributed by atoms with E-state index in [9.17, 15) is 14.3 Å². The van der Waals surface area contributed by atoms with Crippen molar-refractivity contribution in [2.24, 2.45) is 0 Å². The molecule has 0 unspecified atom stereocenters. The van der Waals surface area contributed by atoms with E-state index in [4.69, 9.17) is 4.74 Å². The highest BCUT2D eigenvalue weighted by atomic mass is 19.1. The smallest absolute Gasteiger partial charge is 0.410 e. The van der Waals surface area contributed by atoms with Crippen molar-refractivity contribution in [1.29, 1.82) is 0 Å². The first kappa shape index (κ1) is 13.2. The van der Waals surface area contributed by atoms with Crippen molar-refractivity contribution in [1.82, 2.24) is 4.90 Å². The SMILES string of the molecule is C[C@@H](O)[C@]1(F)CCN(C(=O)OC(C)(C)C)C1. The normalized spacial score (nSPS) is 28.0. The van der Waals surface area contributed by atoms with E-state index in [1.165, 1.54) is 11.8 Å². The summed E-state index contributed by atoms with van der Waals surface area (Å²) in [7, 11) is 0. The molecule has 16 heavy (non-hydrogen) atoms. The van der Waals surface area contributed by atoms with Crippen LogP contribution in [-0.2, 0) is 4.74 Å². The lowest BCUT2D eigenvalue weighted by atomic mass is 10.00. The van der Waals surface area contributed by atoms with Crippen LogP contribution in [0.15, 0.2) is 0 Å². The van der Waals surface area contributed by atoms with Gasteiger partial charge in [-0.25, -0.2) is 9.18 Å². The Balaban J connectivity index is 2.57. The van der Waals surface area contributed by atoms with Crippen LogP contribution >= 0.6 is 0 Å². The maximum atomic E-state index is 14.0. The number of carbonyl (C=O) groups is 1. The second-order valence-electron chi connectivity index (χ2n) is 5.36. The number of aliphatic hydroxyl groups is 1. The maximum absolute atomic E-state index is 14.0. The van der Waals surface area contributed by atoms with Crippen molar-refractivity contribution in [3.63, 3.8) is 0 Å². The highest BCUT2D eigenvalue weighted by molar-refractivity contribution is 5.68. The van der Waals surface area contributed by atoms with E-state index in [0.717, 1.165) is 0 Å². The molecule has 0 aromatic heterocycles. The average Bonchev–Trinajstić information content (AvgIpc) is 2.46. The minimum atomic E-state index is -1.70. The minimum absolute atomic E-state index is 0.0976. The predicted molar refractivity (Wildman–Crippen MR) is 57.9 cm³/mol. The first-order chi connectivity index (χ1) is 7.14. The molecule has 1 saturated heterocycles. The molecule has 0 aromatic carbocycles. The molecule has 1 heterocycles. The van der Waals surface area contributed by atoms with Crippen molar-refractivity contribution >= 4 is 6.09 Å². The van der Waals surface area contributed by atoms with Crippen LogP contribution in [0.25, 0.3) is 0 Å². The summed E-state index contributed by atoms with van der Waals surface area (Å²) in [6, 6.07) is 0. The zero-order valence-corrected chi connectivity index (χ0v) is 10.3. The van der Waals surface area contributed by atoms with Gasteiger partial charge in [0.2, 0.25) is 0 Å². The molecular weight excluding hydrogens is 213 g/mol. The van der Waals surface area contributed by atoms with Crippen molar-refractivity contribution < 1.29 is 19.0 Å². The summed E-state index contributed by atoms with van der Waals surface area (Å²) in [6.45, 7) is 6.88. The summed E-state index contributed by atoms with van der Waals surface area (Å²) in [5.74, 6) is 0. The van der Waals surface area contributed by atoms with Crippen LogP contribution in [-0.4, -0.2) is 46.6 Å². The molecule has 0 spiro atoms. The molecule has 5 heteroatoms. The van der Waals surface area contributed by atoms with Crippen LogP contribution in [0.5, 0.6) is 0 Å². The lowest BCUT2D eigenvalue weighted by molar-refractivity contribution is 0.000209. The molecule has 1 aliphatic heterocycles. The van der Waals surface area contributed by atoms with Gasteiger partial charge < -0.3 is 14.7 Å². The second-order valence-corrected chi connectivity index (χ2v) is 5.36. The number of carbonyl (C=O) groups excluding carboxylic acids is 1. The standard InChI is InChI=1S/C11H20FNO3/c1-8(14)11(12)5-6-13(7-11)9(15)16-10(2,3)4/h8,14H,5-7H2,1-4H3/t8-,11+/m1/s1. The Morgan fingerprint density at radius 2 is 2.12 bits per heavy atom. The van der Waals surface area contributed by atoms with Crippen molar-refractivity contribution in [2.45, 2.75) is 51.5 Å². The summed E-state index contributed by atoms with van der Waals surface area (Å²) in [5.41, 5.74) is -2.28. The second kappa shape index (κ2) is 4.20. The zero-order chi connectivity index (χ0) is 12.6. The van der Waals surface area contributed by atoms with Gasteiger partial charge in [0.05, 0.1) is 12.6 Å². The Kier molecular flexibility index (Phi) is 3.47. The Morgan fingerprint density at radius 3 is 2.50 bits per heavy atom.